The van der Waals surface area contributed by atoms with Gasteiger partial charge in [-0.2, -0.15) is 4.98 Å². The normalized spacial score (nSPS) is 20.4. The van der Waals surface area contributed by atoms with Crippen LogP contribution in [0.4, 0.5) is 10.3 Å². The van der Waals surface area contributed by atoms with E-state index in [0.29, 0.717) is 23.9 Å². The Balaban J connectivity index is 1.53. The van der Waals surface area contributed by atoms with Crippen molar-refractivity contribution in [2.75, 3.05) is 5.32 Å². The minimum Gasteiger partial charge on any atom is -0.328 e. The summed E-state index contributed by atoms with van der Waals surface area (Å²) in [5, 5.41) is 8.60. The second-order valence-corrected chi connectivity index (χ2v) is 8.15. The fourth-order valence-electron chi connectivity index (χ4n) is 3.96. The molecule has 29 heavy (non-hydrogen) atoms. The molecule has 0 unspecified atom stereocenters. The van der Waals surface area contributed by atoms with E-state index < -0.39 is 12.0 Å². The third-order valence-corrected chi connectivity index (χ3v) is 6.19. The number of hydrogen-bond donors (Lipinski definition) is 1. The number of nitrogens with zero attached hydrogens (tertiary/aromatic N) is 3. The zero-order valence-corrected chi connectivity index (χ0v) is 16.4. The van der Waals surface area contributed by atoms with Crippen molar-refractivity contribution < 1.29 is 9.18 Å². The highest BCUT2D eigenvalue weighted by molar-refractivity contribution is 7.98. The number of anilines is 1. The molecule has 0 saturated heterocycles. The lowest BCUT2D eigenvalue weighted by atomic mass is 9.81. The molecule has 0 amide bonds. The molecule has 0 fully saturated rings. The smallest absolute Gasteiger partial charge is 0.227 e. The van der Waals surface area contributed by atoms with Gasteiger partial charge in [-0.1, -0.05) is 60.3 Å². The average Bonchev–Trinajstić information content (AvgIpc) is 3.14. The van der Waals surface area contributed by atoms with Crippen molar-refractivity contribution in [1.29, 1.82) is 0 Å². The van der Waals surface area contributed by atoms with Gasteiger partial charge >= 0.3 is 0 Å². The van der Waals surface area contributed by atoms with Gasteiger partial charge in [0.25, 0.3) is 0 Å². The predicted molar refractivity (Wildman–Crippen MR) is 110 cm³/mol. The summed E-state index contributed by atoms with van der Waals surface area (Å²) < 4.78 is 15.7. The van der Waals surface area contributed by atoms with E-state index >= 15 is 0 Å². The number of allylic oxidation sites excluding steroid dienone is 2. The summed E-state index contributed by atoms with van der Waals surface area (Å²) in [6, 6.07) is 16.1. The van der Waals surface area contributed by atoms with Crippen molar-refractivity contribution in [3.05, 3.63) is 83.3 Å². The van der Waals surface area contributed by atoms with E-state index in [2.05, 4.69) is 27.5 Å². The molecule has 5 nitrogen and oxygen atoms in total. The van der Waals surface area contributed by atoms with Gasteiger partial charge in [-0.3, -0.25) is 4.79 Å². The maximum absolute atomic E-state index is 14.0. The Hall–Kier alpha value is -2.93. The van der Waals surface area contributed by atoms with Crippen LogP contribution in [0.2, 0.25) is 0 Å². The summed E-state index contributed by atoms with van der Waals surface area (Å²) in [4.78, 5) is 17.4. The van der Waals surface area contributed by atoms with Gasteiger partial charge in [0.2, 0.25) is 11.1 Å². The van der Waals surface area contributed by atoms with E-state index in [0.717, 1.165) is 17.0 Å². The SMILES string of the molecule is O=C1CCC=C2Nc3nc(SCc4ccccc4)nn3[C@H](c3cccc(F)c3)[C@@H]12. The number of hydrogen-bond acceptors (Lipinski definition) is 5. The van der Waals surface area contributed by atoms with Gasteiger partial charge in [0.05, 0.1) is 12.0 Å². The van der Waals surface area contributed by atoms with E-state index in [1.54, 1.807) is 10.7 Å². The van der Waals surface area contributed by atoms with Crippen molar-refractivity contribution in [2.45, 2.75) is 29.8 Å². The first-order valence-electron chi connectivity index (χ1n) is 9.57. The lowest BCUT2D eigenvalue weighted by molar-refractivity contribution is -0.123. The summed E-state index contributed by atoms with van der Waals surface area (Å²) >= 11 is 1.54. The Bertz CT molecular complexity index is 1100. The number of aromatic nitrogens is 3. The monoisotopic (exact) mass is 406 g/mol. The number of carbonyl (C=O) groups is 1. The molecule has 1 aromatic heterocycles. The van der Waals surface area contributed by atoms with Crippen molar-refractivity contribution in [1.82, 2.24) is 14.8 Å². The highest BCUT2D eigenvalue weighted by Crippen LogP contribution is 2.42. The Morgan fingerprint density at radius 3 is 2.86 bits per heavy atom. The average molecular weight is 406 g/mol. The van der Waals surface area contributed by atoms with Crippen LogP contribution in [0, 0.1) is 11.7 Å². The maximum atomic E-state index is 14.0. The van der Waals surface area contributed by atoms with Crippen LogP contribution in [0.5, 0.6) is 0 Å². The summed E-state index contributed by atoms with van der Waals surface area (Å²) in [5.74, 6) is 0.762. The van der Waals surface area contributed by atoms with Gasteiger partial charge in [-0.05, 0) is 29.7 Å². The maximum Gasteiger partial charge on any atom is 0.227 e. The summed E-state index contributed by atoms with van der Waals surface area (Å²) in [7, 11) is 0. The van der Waals surface area contributed by atoms with E-state index in [-0.39, 0.29) is 11.6 Å². The van der Waals surface area contributed by atoms with Crippen molar-refractivity contribution >= 4 is 23.5 Å². The molecule has 2 aliphatic rings. The van der Waals surface area contributed by atoms with Crippen LogP contribution >= 0.6 is 11.8 Å². The first-order valence-corrected chi connectivity index (χ1v) is 10.6. The molecule has 1 aliphatic carbocycles. The van der Waals surface area contributed by atoms with Crippen LogP contribution in [0.25, 0.3) is 0 Å². The molecule has 2 atom stereocenters. The lowest BCUT2D eigenvalue weighted by Gasteiger charge is -2.36. The molecule has 1 aliphatic heterocycles. The molecular formula is C22H19FN4OS. The molecule has 0 bridgehead atoms. The number of ketones is 1. The number of carbonyl (C=O) groups excluding carboxylic acids is 1. The standard InChI is InChI=1S/C22H19FN4OS/c23-16-9-4-8-15(12-16)20-19-17(10-5-11-18(19)28)24-21-25-22(26-27(20)21)29-13-14-6-2-1-3-7-14/h1-4,6-10,12,19-20H,5,11,13H2,(H,24,25,26)/t19-,20-/m1/s1. The minimum absolute atomic E-state index is 0.142. The molecule has 0 spiro atoms. The molecule has 0 saturated carbocycles. The van der Waals surface area contributed by atoms with Crippen LogP contribution in [0.3, 0.4) is 0 Å². The van der Waals surface area contributed by atoms with Crippen LogP contribution in [0.15, 0.2) is 71.5 Å². The second kappa shape index (κ2) is 7.48. The number of Topliss-reactive ketones (excluding diaryl/α,β-unsaturated/α-hetero) is 1. The molecule has 146 valence electrons. The molecule has 0 radical (unpaired) electrons. The molecular weight excluding hydrogens is 387 g/mol. The van der Waals surface area contributed by atoms with Crippen molar-refractivity contribution in [3.8, 4) is 0 Å². The number of nitrogens with one attached hydrogen (secondary N) is 1. The van der Waals surface area contributed by atoms with Gasteiger partial charge in [0.1, 0.15) is 11.6 Å². The quantitative estimate of drug-likeness (QED) is 0.643. The predicted octanol–water partition coefficient (Wildman–Crippen LogP) is 4.59. The first-order chi connectivity index (χ1) is 14.2. The van der Waals surface area contributed by atoms with Crippen LogP contribution < -0.4 is 5.32 Å². The number of thioether (sulfide) groups is 1. The van der Waals surface area contributed by atoms with E-state index in [1.165, 1.54) is 29.5 Å². The summed E-state index contributed by atoms with van der Waals surface area (Å²) in [5.41, 5.74) is 2.75. The Morgan fingerprint density at radius 2 is 2.03 bits per heavy atom. The van der Waals surface area contributed by atoms with Crippen molar-refractivity contribution in [2.24, 2.45) is 5.92 Å². The van der Waals surface area contributed by atoms with Gasteiger partial charge in [-0.25, -0.2) is 9.07 Å². The first kappa shape index (κ1) is 18.1. The fourth-order valence-corrected chi connectivity index (χ4v) is 4.75. The molecule has 1 N–H and O–H groups in total. The highest BCUT2D eigenvalue weighted by Gasteiger charge is 2.41. The van der Waals surface area contributed by atoms with E-state index in [1.807, 2.05) is 30.3 Å². The fraction of sp³-hybridized carbons (Fsp3) is 0.227. The van der Waals surface area contributed by atoms with E-state index in [9.17, 15) is 9.18 Å². The number of rotatable bonds is 4. The Kier molecular flexibility index (Phi) is 4.67. The molecule has 2 heterocycles. The Morgan fingerprint density at radius 1 is 1.17 bits per heavy atom. The minimum atomic E-state index is -0.403. The largest absolute Gasteiger partial charge is 0.328 e. The third kappa shape index (κ3) is 3.46. The third-order valence-electron chi connectivity index (χ3n) is 5.29. The topological polar surface area (TPSA) is 59.8 Å². The van der Waals surface area contributed by atoms with Gasteiger partial charge in [0.15, 0.2) is 0 Å². The van der Waals surface area contributed by atoms with Crippen LogP contribution in [0.1, 0.15) is 30.0 Å². The van der Waals surface area contributed by atoms with Gasteiger partial charge in [-0.15, -0.1) is 5.10 Å². The zero-order valence-electron chi connectivity index (χ0n) is 15.6. The molecule has 3 aromatic rings. The summed E-state index contributed by atoms with van der Waals surface area (Å²) in [6.45, 7) is 0. The lowest BCUT2D eigenvalue weighted by Crippen LogP contribution is -2.38. The second-order valence-electron chi connectivity index (χ2n) is 7.20. The van der Waals surface area contributed by atoms with Gasteiger partial charge in [0, 0.05) is 17.9 Å². The number of benzene rings is 2. The highest BCUT2D eigenvalue weighted by atomic mass is 32.2. The summed E-state index contributed by atoms with van der Waals surface area (Å²) in [6.07, 6.45) is 3.24. The number of fused-ring (bicyclic) bond motifs is 2. The molecule has 5 rings (SSSR count). The van der Waals surface area contributed by atoms with Crippen molar-refractivity contribution in [3.63, 3.8) is 0 Å². The number of halogens is 1. The Labute approximate surface area is 172 Å². The van der Waals surface area contributed by atoms with Crippen LogP contribution in [-0.4, -0.2) is 20.5 Å². The van der Waals surface area contributed by atoms with E-state index in [4.69, 9.17) is 0 Å². The van der Waals surface area contributed by atoms with Gasteiger partial charge < -0.3 is 5.32 Å². The zero-order chi connectivity index (χ0) is 19.8. The van der Waals surface area contributed by atoms with Crippen LogP contribution in [-0.2, 0) is 10.5 Å². The molecule has 2 aromatic carbocycles. The molecule has 7 heteroatoms.